The highest BCUT2D eigenvalue weighted by Gasteiger charge is 2.49. The van der Waals surface area contributed by atoms with Gasteiger partial charge in [0.25, 0.3) is 0 Å². The molecule has 2 heterocycles. The molecule has 1 N–H and O–H groups in total. The molecule has 0 amide bonds. The number of rotatable bonds is 2. The van der Waals surface area contributed by atoms with E-state index in [2.05, 4.69) is 11.5 Å². The van der Waals surface area contributed by atoms with Crippen molar-refractivity contribution >= 4 is 0 Å². The molecular formula is C10H17NO2. The van der Waals surface area contributed by atoms with Crippen molar-refractivity contribution in [3.05, 3.63) is 12.2 Å². The lowest BCUT2D eigenvalue weighted by molar-refractivity contribution is 0.0648. The summed E-state index contributed by atoms with van der Waals surface area (Å²) in [5.74, 6) is 0. The average molecular weight is 183 g/mol. The van der Waals surface area contributed by atoms with Gasteiger partial charge in [-0.05, 0) is 12.8 Å². The minimum Gasteiger partial charge on any atom is -0.392 e. The molecule has 0 bridgehead atoms. The van der Waals surface area contributed by atoms with Gasteiger partial charge in [0.05, 0.1) is 18.2 Å². The quantitative estimate of drug-likeness (QED) is 0.629. The molecule has 2 fully saturated rings. The van der Waals surface area contributed by atoms with Crippen LogP contribution in [-0.2, 0) is 4.74 Å². The Morgan fingerprint density at radius 2 is 2.54 bits per heavy atom. The third-order valence-corrected chi connectivity index (χ3v) is 3.12. The first-order valence-corrected chi connectivity index (χ1v) is 4.75. The molecule has 0 aromatic rings. The highest BCUT2D eigenvalue weighted by atomic mass is 16.5. The fourth-order valence-corrected chi connectivity index (χ4v) is 2.76. The largest absolute Gasteiger partial charge is 0.392 e. The summed E-state index contributed by atoms with van der Waals surface area (Å²) in [6, 6.07) is 0. The monoisotopic (exact) mass is 183 g/mol. The van der Waals surface area contributed by atoms with Gasteiger partial charge >= 0.3 is 0 Å². The number of hydrogen-bond acceptors (Lipinski definition) is 3. The van der Waals surface area contributed by atoms with E-state index in [4.69, 9.17) is 4.74 Å². The molecule has 2 aliphatic heterocycles. The normalized spacial score (nSPS) is 39.8. The number of nitrogens with zero attached hydrogens (tertiary/aromatic N) is 1. The van der Waals surface area contributed by atoms with Gasteiger partial charge in [-0.15, -0.1) is 0 Å². The highest BCUT2D eigenvalue weighted by molar-refractivity contribution is 5.18. The lowest BCUT2D eigenvalue weighted by atomic mass is 9.93. The summed E-state index contributed by atoms with van der Waals surface area (Å²) in [7, 11) is 1.72. The Kier molecular flexibility index (Phi) is 2.18. The molecule has 0 aromatic heterocycles. The van der Waals surface area contributed by atoms with Crippen molar-refractivity contribution in [3.8, 4) is 0 Å². The van der Waals surface area contributed by atoms with Gasteiger partial charge in [-0.1, -0.05) is 12.2 Å². The van der Waals surface area contributed by atoms with Crippen molar-refractivity contribution in [2.45, 2.75) is 24.5 Å². The summed E-state index contributed by atoms with van der Waals surface area (Å²) in [5, 5.41) is 9.59. The van der Waals surface area contributed by atoms with E-state index in [1.807, 2.05) is 0 Å². The molecule has 13 heavy (non-hydrogen) atoms. The molecule has 3 nitrogen and oxygen atoms in total. The van der Waals surface area contributed by atoms with E-state index in [0.29, 0.717) is 6.61 Å². The Bertz CT molecular complexity index is 229. The van der Waals surface area contributed by atoms with Crippen LogP contribution in [0.3, 0.4) is 0 Å². The molecule has 0 spiro atoms. The van der Waals surface area contributed by atoms with Crippen LogP contribution < -0.4 is 0 Å². The lowest BCUT2D eigenvalue weighted by Gasteiger charge is -2.30. The number of fused-ring (bicyclic) bond motifs is 1. The van der Waals surface area contributed by atoms with Crippen molar-refractivity contribution in [1.82, 2.24) is 4.90 Å². The van der Waals surface area contributed by atoms with Crippen molar-refractivity contribution in [3.63, 3.8) is 0 Å². The van der Waals surface area contributed by atoms with Crippen LogP contribution in [0, 0.1) is 0 Å². The topological polar surface area (TPSA) is 32.7 Å². The van der Waals surface area contributed by atoms with E-state index >= 15 is 0 Å². The van der Waals surface area contributed by atoms with Gasteiger partial charge in [0.2, 0.25) is 0 Å². The van der Waals surface area contributed by atoms with Crippen LogP contribution in [0.25, 0.3) is 0 Å². The second kappa shape index (κ2) is 3.08. The summed E-state index contributed by atoms with van der Waals surface area (Å²) in [5.41, 5.74) is 1.33. The van der Waals surface area contributed by atoms with Crippen LogP contribution in [0.2, 0.25) is 0 Å². The maximum atomic E-state index is 9.59. The Morgan fingerprint density at radius 3 is 3.23 bits per heavy atom. The standard InChI is InChI=1S/C10H17NO2/c1-8-3-10(7-13-2)4-9(12)6-11(10)5-8/h9,12H,1,3-7H2,2H3/t9-,10-/m1/s1. The predicted molar refractivity (Wildman–Crippen MR) is 50.6 cm³/mol. The number of β-amino-alcohol motifs (C(OH)–C–C–N with tert-alkyl or cyclic N) is 1. The molecule has 0 aromatic carbocycles. The van der Waals surface area contributed by atoms with Crippen molar-refractivity contribution in [2.75, 3.05) is 26.8 Å². The van der Waals surface area contributed by atoms with Crippen LogP contribution in [0.1, 0.15) is 12.8 Å². The van der Waals surface area contributed by atoms with Gasteiger partial charge in [-0.25, -0.2) is 0 Å². The minimum atomic E-state index is -0.178. The van der Waals surface area contributed by atoms with Gasteiger partial charge in [0.1, 0.15) is 0 Å². The van der Waals surface area contributed by atoms with Gasteiger partial charge in [0, 0.05) is 20.2 Å². The van der Waals surface area contributed by atoms with E-state index in [0.717, 1.165) is 25.9 Å². The molecular weight excluding hydrogens is 166 g/mol. The summed E-state index contributed by atoms with van der Waals surface area (Å²) in [6.45, 7) is 6.43. The number of aliphatic hydroxyl groups excluding tert-OH is 1. The molecule has 2 saturated heterocycles. The Morgan fingerprint density at radius 1 is 1.77 bits per heavy atom. The van der Waals surface area contributed by atoms with Gasteiger partial charge in [-0.3, -0.25) is 4.90 Å². The second-order valence-corrected chi connectivity index (χ2v) is 4.32. The maximum absolute atomic E-state index is 9.59. The number of hydrogen-bond donors (Lipinski definition) is 1. The predicted octanol–water partition coefficient (Wildman–Crippen LogP) is 0.398. The highest BCUT2D eigenvalue weighted by Crippen LogP contribution is 2.40. The molecule has 0 saturated carbocycles. The van der Waals surface area contributed by atoms with E-state index in [-0.39, 0.29) is 11.6 Å². The molecule has 3 heteroatoms. The van der Waals surface area contributed by atoms with E-state index in [9.17, 15) is 5.11 Å². The number of ether oxygens (including phenoxy) is 1. The third kappa shape index (κ3) is 1.41. The average Bonchev–Trinajstić information content (AvgIpc) is 2.40. The zero-order valence-corrected chi connectivity index (χ0v) is 8.12. The van der Waals surface area contributed by atoms with Crippen LogP contribution in [-0.4, -0.2) is 48.5 Å². The fraction of sp³-hybridized carbons (Fsp3) is 0.800. The van der Waals surface area contributed by atoms with Gasteiger partial charge < -0.3 is 9.84 Å². The SMILES string of the molecule is C=C1CN2C[C@H](O)C[C@@]2(COC)C1. The van der Waals surface area contributed by atoms with Gasteiger partial charge in [-0.2, -0.15) is 0 Å². The maximum Gasteiger partial charge on any atom is 0.0686 e. The van der Waals surface area contributed by atoms with Crippen LogP contribution in [0.5, 0.6) is 0 Å². The zero-order valence-electron chi connectivity index (χ0n) is 8.12. The summed E-state index contributed by atoms with van der Waals surface area (Å²) in [4.78, 5) is 2.31. The van der Waals surface area contributed by atoms with Crippen molar-refractivity contribution in [2.24, 2.45) is 0 Å². The smallest absolute Gasteiger partial charge is 0.0686 e. The third-order valence-electron chi connectivity index (χ3n) is 3.12. The van der Waals surface area contributed by atoms with E-state index in [1.54, 1.807) is 7.11 Å². The zero-order chi connectivity index (χ0) is 9.47. The molecule has 0 unspecified atom stereocenters. The van der Waals surface area contributed by atoms with Crippen molar-refractivity contribution in [1.29, 1.82) is 0 Å². The first-order chi connectivity index (χ1) is 6.16. The lowest BCUT2D eigenvalue weighted by Crippen LogP contribution is -2.42. The second-order valence-electron chi connectivity index (χ2n) is 4.32. The fourth-order valence-electron chi connectivity index (χ4n) is 2.76. The molecule has 2 aliphatic rings. The summed E-state index contributed by atoms with van der Waals surface area (Å²) < 4.78 is 5.23. The molecule has 0 aliphatic carbocycles. The molecule has 2 rings (SSSR count). The van der Waals surface area contributed by atoms with Crippen molar-refractivity contribution < 1.29 is 9.84 Å². The Balaban J connectivity index is 2.16. The van der Waals surface area contributed by atoms with Crippen LogP contribution in [0.15, 0.2) is 12.2 Å². The summed E-state index contributed by atoms with van der Waals surface area (Å²) in [6.07, 6.45) is 1.64. The minimum absolute atomic E-state index is 0.0608. The Labute approximate surface area is 79.0 Å². The number of aliphatic hydroxyl groups is 1. The number of methoxy groups -OCH3 is 1. The first-order valence-electron chi connectivity index (χ1n) is 4.75. The van der Waals surface area contributed by atoms with Crippen LogP contribution >= 0.6 is 0 Å². The first kappa shape index (κ1) is 9.19. The molecule has 74 valence electrons. The van der Waals surface area contributed by atoms with Gasteiger partial charge in [0.15, 0.2) is 0 Å². The molecule has 0 radical (unpaired) electrons. The Hall–Kier alpha value is -0.380. The van der Waals surface area contributed by atoms with E-state index < -0.39 is 0 Å². The van der Waals surface area contributed by atoms with E-state index in [1.165, 1.54) is 5.57 Å². The van der Waals surface area contributed by atoms with Crippen LogP contribution in [0.4, 0.5) is 0 Å². The molecule has 2 atom stereocenters. The summed E-state index contributed by atoms with van der Waals surface area (Å²) >= 11 is 0.